The predicted molar refractivity (Wildman–Crippen MR) is 111 cm³/mol. The molecule has 0 radical (unpaired) electrons. The smallest absolute Gasteiger partial charge is 0.456 e. The molecule has 19 heteroatoms. The highest BCUT2D eigenvalue weighted by Gasteiger charge is 2.52. The van der Waals surface area contributed by atoms with Gasteiger partial charge in [-0.3, -0.25) is 10.2 Å². The standard InChI is InChI=1S/C14H25N3O9.C3Cl2F4O/c1-3-5(17-12(16)13(23)24)2-4(15)14(25-3)26-11-9(21)7(19)6(18)8(20)10(11)22;4-2(5,6)1(10)3(7,8)9/h3-11,14,18-22H,2,15H2,1H3,(H2,16,17)(H,23,24);/t3-,4+,5+,6-,7+,8+,9-,10+,11+,14-;/m1./s1. The number of carboxylic acid groups (broad SMARTS) is 1. The summed E-state index contributed by atoms with van der Waals surface area (Å²) in [7, 11) is 0. The van der Waals surface area contributed by atoms with Crippen molar-refractivity contribution in [1.29, 1.82) is 5.41 Å². The van der Waals surface area contributed by atoms with Crippen molar-refractivity contribution in [2.24, 2.45) is 5.73 Å². The van der Waals surface area contributed by atoms with Crippen molar-refractivity contribution in [3.63, 3.8) is 0 Å². The molecule has 0 amide bonds. The lowest BCUT2D eigenvalue weighted by atomic mass is 9.84. The largest absolute Gasteiger partial charge is 0.475 e. The Bertz CT molecular complexity index is 774. The molecule has 0 bridgehead atoms. The van der Waals surface area contributed by atoms with E-state index in [1.165, 1.54) is 0 Å². The van der Waals surface area contributed by atoms with Crippen molar-refractivity contribution in [3.05, 3.63) is 0 Å². The second kappa shape index (κ2) is 12.4. The number of carboxylic acids is 1. The maximum Gasteiger partial charge on any atom is 0.456 e. The van der Waals surface area contributed by atoms with Gasteiger partial charge in [-0.15, -0.1) is 0 Å². The Kier molecular flexibility index (Phi) is 11.3. The van der Waals surface area contributed by atoms with Gasteiger partial charge in [-0.25, -0.2) is 4.79 Å². The van der Waals surface area contributed by atoms with Crippen LogP contribution in [-0.2, 0) is 19.1 Å². The first kappa shape index (κ1) is 32.6. The Labute approximate surface area is 210 Å². The van der Waals surface area contributed by atoms with E-state index in [0.29, 0.717) is 0 Å². The zero-order valence-corrected chi connectivity index (χ0v) is 19.7. The van der Waals surface area contributed by atoms with Crippen LogP contribution in [0.15, 0.2) is 0 Å². The average Bonchev–Trinajstić information content (AvgIpc) is 2.75. The molecule has 10 atom stereocenters. The van der Waals surface area contributed by atoms with Crippen LogP contribution in [-0.4, -0.2) is 120 Å². The molecule has 36 heavy (non-hydrogen) atoms. The summed E-state index contributed by atoms with van der Waals surface area (Å²) in [5, 5.41) is 67.6. The zero-order valence-electron chi connectivity index (χ0n) is 18.1. The predicted octanol–water partition coefficient (Wildman–Crippen LogP) is -2.11. The van der Waals surface area contributed by atoms with Crippen LogP contribution >= 0.6 is 23.2 Å². The van der Waals surface area contributed by atoms with E-state index in [-0.39, 0.29) is 6.42 Å². The first-order chi connectivity index (χ1) is 16.2. The highest BCUT2D eigenvalue weighted by atomic mass is 35.5. The third-order valence-electron chi connectivity index (χ3n) is 5.21. The molecule has 1 aliphatic carbocycles. The van der Waals surface area contributed by atoms with Crippen LogP contribution in [0.25, 0.3) is 0 Å². The summed E-state index contributed by atoms with van der Waals surface area (Å²) in [6, 6.07) is -1.39. The molecule has 1 heterocycles. The van der Waals surface area contributed by atoms with E-state index in [1.54, 1.807) is 6.92 Å². The van der Waals surface area contributed by atoms with Gasteiger partial charge in [0.05, 0.1) is 18.2 Å². The number of hydrogen-bond acceptors (Lipinski definition) is 11. The normalized spacial score (nSPS) is 37.4. The molecule has 1 aliphatic heterocycles. The fourth-order valence-corrected chi connectivity index (χ4v) is 3.45. The number of aliphatic hydroxyl groups is 5. The second-order valence-corrected chi connectivity index (χ2v) is 9.15. The monoisotopic (exact) mass is 577 g/mol. The van der Waals surface area contributed by atoms with Crippen molar-refractivity contribution in [2.45, 2.75) is 85.2 Å². The molecule has 0 spiro atoms. The molecule has 1 saturated carbocycles. The van der Waals surface area contributed by atoms with E-state index >= 15 is 0 Å². The fourth-order valence-electron chi connectivity index (χ4n) is 3.23. The number of carbonyl (C=O) groups is 2. The minimum Gasteiger partial charge on any atom is -0.475 e. The number of aliphatic carboxylic acids is 1. The van der Waals surface area contributed by atoms with E-state index in [1.807, 2.05) is 0 Å². The lowest BCUT2D eigenvalue weighted by Crippen LogP contribution is -2.66. The number of carbonyl (C=O) groups excluding carboxylic acids is 1. The van der Waals surface area contributed by atoms with Crippen LogP contribution in [0.2, 0.25) is 0 Å². The third kappa shape index (κ3) is 8.30. The van der Waals surface area contributed by atoms with Gasteiger partial charge in [0.1, 0.15) is 36.6 Å². The van der Waals surface area contributed by atoms with Gasteiger partial charge >= 0.3 is 22.5 Å². The van der Waals surface area contributed by atoms with Crippen molar-refractivity contribution < 1.29 is 67.3 Å². The van der Waals surface area contributed by atoms with Gasteiger partial charge < -0.3 is 51.2 Å². The molecule has 2 aliphatic rings. The van der Waals surface area contributed by atoms with E-state index in [9.17, 15) is 52.7 Å². The Hall–Kier alpha value is -1.41. The summed E-state index contributed by atoms with van der Waals surface area (Å²) in [6.45, 7) is 1.59. The van der Waals surface area contributed by atoms with Gasteiger partial charge in [0.2, 0.25) is 5.84 Å². The number of ketones is 1. The number of alkyl halides is 6. The Morgan fingerprint density at radius 1 is 1.03 bits per heavy atom. The fraction of sp³-hybridized carbons (Fsp3) is 0.824. The SMILES string of the molecule is C[C@H]1O[C@H](O[C@H]2[C@H](O)[C@@H](O)[C@@H](O)[C@H](O)[C@@H]2O)[C@@H](N)C[C@@H]1NC(=N)C(=O)O.O=C(C(F)(F)F)C(F)(Cl)Cl. The first-order valence-corrected chi connectivity index (χ1v) is 10.7. The van der Waals surface area contributed by atoms with Crippen LogP contribution in [0.4, 0.5) is 17.6 Å². The number of halogens is 6. The minimum atomic E-state index is -5.34. The molecule has 2 rings (SSSR count). The Morgan fingerprint density at radius 2 is 1.47 bits per heavy atom. The van der Waals surface area contributed by atoms with Crippen LogP contribution in [0.3, 0.4) is 0 Å². The van der Waals surface area contributed by atoms with Crippen molar-refractivity contribution >= 4 is 40.8 Å². The van der Waals surface area contributed by atoms with Gasteiger partial charge in [-0.05, 0) is 13.3 Å². The molecule has 13 nitrogen and oxygen atoms in total. The van der Waals surface area contributed by atoms with Crippen LogP contribution in [0.5, 0.6) is 0 Å². The Morgan fingerprint density at radius 3 is 1.83 bits per heavy atom. The molecule has 10 N–H and O–H groups in total. The van der Waals surface area contributed by atoms with Gasteiger partial charge in [0.15, 0.2) is 6.29 Å². The van der Waals surface area contributed by atoms with Crippen molar-refractivity contribution in [3.8, 4) is 0 Å². The lowest BCUT2D eigenvalue weighted by Gasteiger charge is -2.45. The summed E-state index contributed by atoms with van der Waals surface area (Å²) >= 11 is 8.39. The summed E-state index contributed by atoms with van der Waals surface area (Å²) in [5.74, 6) is -4.96. The van der Waals surface area contributed by atoms with E-state index in [0.717, 1.165) is 0 Å². The minimum absolute atomic E-state index is 0.161. The average molecular weight is 578 g/mol. The van der Waals surface area contributed by atoms with Crippen LogP contribution in [0.1, 0.15) is 13.3 Å². The van der Waals surface area contributed by atoms with Gasteiger partial charge in [-0.1, -0.05) is 23.2 Å². The molecule has 0 aromatic rings. The van der Waals surface area contributed by atoms with Crippen molar-refractivity contribution in [1.82, 2.24) is 5.32 Å². The van der Waals surface area contributed by atoms with Crippen LogP contribution in [0, 0.1) is 5.41 Å². The molecule has 210 valence electrons. The molecule has 0 unspecified atom stereocenters. The highest BCUT2D eigenvalue weighted by molar-refractivity contribution is 6.57. The molecule has 0 aromatic carbocycles. The van der Waals surface area contributed by atoms with E-state index in [2.05, 4.69) is 28.5 Å². The van der Waals surface area contributed by atoms with Gasteiger partial charge in [0.25, 0.3) is 0 Å². The summed E-state index contributed by atoms with van der Waals surface area (Å²) < 4.78 is 52.4. The number of Topliss-reactive ketones (excluding diaryl/α,β-unsaturated/α-hetero) is 1. The first-order valence-electron chi connectivity index (χ1n) is 9.93. The lowest BCUT2D eigenvalue weighted by molar-refractivity contribution is -0.293. The number of hydrogen-bond donors (Lipinski definition) is 9. The maximum atomic E-state index is 11.7. The number of ether oxygens (including phenoxy) is 2. The van der Waals surface area contributed by atoms with E-state index < -0.39 is 89.5 Å². The molecule has 0 aromatic heterocycles. The number of nitrogens with two attached hydrogens (primary N) is 1. The number of amidine groups is 1. The van der Waals surface area contributed by atoms with Gasteiger partial charge in [0, 0.05) is 0 Å². The van der Waals surface area contributed by atoms with Gasteiger partial charge in [-0.2, -0.15) is 17.6 Å². The number of rotatable bonds is 4. The Balaban J connectivity index is 0.000000548. The third-order valence-corrected chi connectivity index (χ3v) is 5.56. The quantitative estimate of drug-likeness (QED) is 0.0755. The molecule has 2 fully saturated rings. The molecular weight excluding hydrogens is 553 g/mol. The van der Waals surface area contributed by atoms with Crippen LogP contribution < -0.4 is 11.1 Å². The second-order valence-electron chi connectivity index (χ2n) is 7.92. The van der Waals surface area contributed by atoms with E-state index in [4.69, 9.17) is 25.7 Å². The highest BCUT2D eigenvalue weighted by Crippen LogP contribution is 2.32. The molecule has 1 saturated heterocycles. The summed E-state index contributed by atoms with van der Waals surface area (Å²) in [4.78, 5) is 20.5. The summed E-state index contributed by atoms with van der Waals surface area (Å²) in [5.41, 5.74) is 5.94. The molecular formula is C17H25Cl2F4N3O10. The number of aliphatic hydroxyl groups excluding tert-OH is 5. The topological polar surface area (TPSA) is 236 Å². The zero-order chi connectivity index (χ0) is 28.3. The number of nitrogens with one attached hydrogen (secondary N) is 2. The summed E-state index contributed by atoms with van der Waals surface area (Å²) in [6.07, 6.45) is -17.0. The van der Waals surface area contributed by atoms with Crippen molar-refractivity contribution in [2.75, 3.05) is 0 Å². The maximum absolute atomic E-state index is 11.7.